The second-order valence-electron chi connectivity index (χ2n) is 5.65. The number of piperidine rings is 3. The molecule has 18 heavy (non-hydrogen) atoms. The van der Waals surface area contributed by atoms with Crippen LogP contribution in [0.25, 0.3) is 0 Å². The van der Waals surface area contributed by atoms with Crippen LogP contribution in [0.3, 0.4) is 0 Å². The van der Waals surface area contributed by atoms with E-state index in [-0.39, 0.29) is 0 Å². The van der Waals surface area contributed by atoms with Crippen molar-refractivity contribution >= 4 is 15.9 Å². The molecule has 0 amide bonds. The van der Waals surface area contributed by atoms with E-state index in [4.69, 9.17) is 0 Å². The van der Waals surface area contributed by atoms with Gasteiger partial charge in [0, 0.05) is 23.1 Å². The molecule has 0 aliphatic carbocycles. The SMILES string of the molecule is CC(NC1CN2CCC1CC2)c1ccccc1Br. The molecule has 3 heteroatoms. The molecule has 3 fully saturated rings. The molecule has 0 saturated carbocycles. The van der Waals surface area contributed by atoms with E-state index in [0.29, 0.717) is 12.1 Å². The summed E-state index contributed by atoms with van der Waals surface area (Å²) in [7, 11) is 0. The predicted octanol–water partition coefficient (Wildman–Crippen LogP) is 3.19. The second kappa shape index (κ2) is 5.32. The molecule has 1 aromatic rings. The average molecular weight is 309 g/mol. The van der Waals surface area contributed by atoms with Gasteiger partial charge in [0.2, 0.25) is 0 Å². The normalized spacial score (nSPS) is 32.4. The third kappa shape index (κ3) is 2.49. The molecule has 3 heterocycles. The van der Waals surface area contributed by atoms with Gasteiger partial charge in [0.25, 0.3) is 0 Å². The summed E-state index contributed by atoms with van der Waals surface area (Å²) in [4.78, 5) is 2.60. The first kappa shape index (κ1) is 12.6. The van der Waals surface area contributed by atoms with Crippen LogP contribution >= 0.6 is 15.9 Å². The second-order valence-corrected chi connectivity index (χ2v) is 6.51. The maximum absolute atomic E-state index is 3.84. The third-order valence-electron chi connectivity index (χ3n) is 4.49. The number of nitrogens with zero attached hydrogens (tertiary/aromatic N) is 1. The first-order valence-electron chi connectivity index (χ1n) is 6.97. The molecule has 98 valence electrons. The molecule has 0 spiro atoms. The molecular weight excluding hydrogens is 288 g/mol. The lowest BCUT2D eigenvalue weighted by atomic mass is 9.83. The maximum atomic E-state index is 3.84. The van der Waals surface area contributed by atoms with E-state index >= 15 is 0 Å². The van der Waals surface area contributed by atoms with Crippen molar-refractivity contribution < 1.29 is 0 Å². The van der Waals surface area contributed by atoms with E-state index < -0.39 is 0 Å². The summed E-state index contributed by atoms with van der Waals surface area (Å²) in [6.45, 7) is 6.13. The fraction of sp³-hybridized carbons (Fsp3) is 0.600. The smallest absolute Gasteiger partial charge is 0.0306 e. The molecule has 2 unspecified atom stereocenters. The zero-order valence-corrected chi connectivity index (χ0v) is 12.5. The Morgan fingerprint density at radius 3 is 2.61 bits per heavy atom. The zero-order chi connectivity index (χ0) is 12.5. The van der Waals surface area contributed by atoms with Gasteiger partial charge in [-0.2, -0.15) is 0 Å². The van der Waals surface area contributed by atoms with Gasteiger partial charge in [-0.1, -0.05) is 34.1 Å². The van der Waals surface area contributed by atoms with Crippen LogP contribution in [-0.2, 0) is 0 Å². The highest BCUT2D eigenvalue weighted by atomic mass is 79.9. The van der Waals surface area contributed by atoms with Crippen molar-refractivity contribution in [3.8, 4) is 0 Å². The minimum absolute atomic E-state index is 0.422. The van der Waals surface area contributed by atoms with Gasteiger partial charge in [0.05, 0.1) is 0 Å². The highest BCUT2D eigenvalue weighted by Gasteiger charge is 2.34. The number of fused-ring (bicyclic) bond motifs is 3. The van der Waals surface area contributed by atoms with Gasteiger partial charge in [-0.15, -0.1) is 0 Å². The van der Waals surface area contributed by atoms with Crippen molar-refractivity contribution in [2.24, 2.45) is 5.92 Å². The summed E-state index contributed by atoms with van der Waals surface area (Å²) in [5, 5.41) is 3.84. The highest BCUT2D eigenvalue weighted by molar-refractivity contribution is 9.10. The zero-order valence-electron chi connectivity index (χ0n) is 10.9. The van der Waals surface area contributed by atoms with Crippen molar-refractivity contribution in [1.29, 1.82) is 0 Å². The molecule has 3 aliphatic heterocycles. The summed E-state index contributed by atoms with van der Waals surface area (Å²) < 4.78 is 1.21. The summed E-state index contributed by atoms with van der Waals surface area (Å²) in [6, 6.07) is 9.64. The standard InChI is InChI=1S/C15H21BrN2/c1-11(13-4-2-3-5-14(13)16)17-15-10-18-8-6-12(15)7-9-18/h2-5,11-12,15,17H,6-10H2,1H3. The average Bonchev–Trinajstić information content (AvgIpc) is 2.40. The Morgan fingerprint density at radius 2 is 2.00 bits per heavy atom. The monoisotopic (exact) mass is 308 g/mol. The van der Waals surface area contributed by atoms with Gasteiger partial charge in [0.15, 0.2) is 0 Å². The number of rotatable bonds is 3. The summed E-state index contributed by atoms with van der Waals surface area (Å²) in [5.74, 6) is 0.889. The molecule has 2 atom stereocenters. The van der Waals surface area contributed by atoms with Crippen molar-refractivity contribution in [2.45, 2.75) is 31.8 Å². The maximum Gasteiger partial charge on any atom is 0.0306 e. The molecule has 0 radical (unpaired) electrons. The lowest BCUT2D eigenvalue weighted by Gasteiger charge is -2.46. The number of hydrogen-bond donors (Lipinski definition) is 1. The Hall–Kier alpha value is -0.380. The number of benzene rings is 1. The Kier molecular flexibility index (Phi) is 3.73. The van der Waals surface area contributed by atoms with Crippen LogP contribution in [0.1, 0.15) is 31.4 Å². The molecule has 3 aliphatic rings. The lowest BCUT2D eigenvalue weighted by Crippen LogP contribution is -2.56. The van der Waals surface area contributed by atoms with Gasteiger partial charge < -0.3 is 10.2 Å². The molecule has 4 rings (SSSR count). The summed E-state index contributed by atoms with van der Waals surface area (Å²) in [5.41, 5.74) is 1.37. The van der Waals surface area contributed by atoms with Crippen LogP contribution in [0, 0.1) is 5.92 Å². The first-order valence-corrected chi connectivity index (χ1v) is 7.76. The van der Waals surface area contributed by atoms with Gasteiger partial charge in [-0.25, -0.2) is 0 Å². The van der Waals surface area contributed by atoms with Crippen molar-refractivity contribution in [1.82, 2.24) is 10.2 Å². The van der Waals surface area contributed by atoms with E-state index in [1.54, 1.807) is 0 Å². The van der Waals surface area contributed by atoms with Crippen LogP contribution < -0.4 is 5.32 Å². The van der Waals surface area contributed by atoms with E-state index in [2.05, 4.69) is 57.3 Å². The molecular formula is C15H21BrN2. The van der Waals surface area contributed by atoms with E-state index in [0.717, 1.165) is 5.92 Å². The molecule has 2 nitrogen and oxygen atoms in total. The molecule has 3 saturated heterocycles. The highest BCUT2D eigenvalue weighted by Crippen LogP contribution is 2.30. The summed E-state index contributed by atoms with van der Waals surface area (Å²) in [6.07, 6.45) is 2.75. The van der Waals surface area contributed by atoms with Gasteiger partial charge in [0.1, 0.15) is 0 Å². The number of hydrogen-bond acceptors (Lipinski definition) is 2. The minimum Gasteiger partial charge on any atom is -0.306 e. The fourth-order valence-corrected chi connectivity index (χ4v) is 4.02. The van der Waals surface area contributed by atoms with Crippen LogP contribution in [0.15, 0.2) is 28.7 Å². The van der Waals surface area contributed by atoms with Crippen molar-refractivity contribution in [2.75, 3.05) is 19.6 Å². The lowest BCUT2D eigenvalue weighted by molar-refractivity contribution is 0.0680. The Bertz CT molecular complexity index is 413. The van der Waals surface area contributed by atoms with Crippen LogP contribution in [0.2, 0.25) is 0 Å². The van der Waals surface area contributed by atoms with Crippen LogP contribution in [0.4, 0.5) is 0 Å². The van der Waals surface area contributed by atoms with Gasteiger partial charge in [-0.3, -0.25) is 0 Å². The van der Waals surface area contributed by atoms with Crippen molar-refractivity contribution in [3.63, 3.8) is 0 Å². The minimum atomic E-state index is 0.422. The van der Waals surface area contributed by atoms with E-state index in [1.165, 1.54) is 42.5 Å². The van der Waals surface area contributed by atoms with E-state index in [1.807, 2.05) is 0 Å². The van der Waals surface area contributed by atoms with Crippen molar-refractivity contribution in [3.05, 3.63) is 34.3 Å². The van der Waals surface area contributed by atoms with Crippen LogP contribution in [0.5, 0.6) is 0 Å². The predicted molar refractivity (Wildman–Crippen MR) is 78.6 cm³/mol. The fourth-order valence-electron chi connectivity index (χ4n) is 3.39. The van der Waals surface area contributed by atoms with Crippen LogP contribution in [-0.4, -0.2) is 30.6 Å². The molecule has 1 N–H and O–H groups in total. The first-order chi connectivity index (χ1) is 8.74. The number of nitrogens with one attached hydrogen (secondary N) is 1. The summed E-state index contributed by atoms with van der Waals surface area (Å²) >= 11 is 3.65. The largest absolute Gasteiger partial charge is 0.306 e. The Balaban J connectivity index is 1.68. The van der Waals surface area contributed by atoms with Gasteiger partial charge in [-0.05, 0) is 50.4 Å². The molecule has 0 aromatic heterocycles. The Morgan fingerprint density at radius 1 is 1.28 bits per heavy atom. The van der Waals surface area contributed by atoms with Gasteiger partial charge >= 0.3 is 0 Å². The Labute approximate surface area is 118 Å². The topological polar surface area (TPSA) is 15.3 Å². The number of halogens is 1. The molecule has 2 bridgehead atoms. The third-order valence-corrected chi connectivity index (χ3v) is 5.21. The van der Waals surface area contributed by atoms with E-state index in [9.17, 15) is 0 Å². The molecule has 1 aromatic carbocycles. The quantitative estimate of drug-likeness (QED) is 0.922.